The predicted octanol–water partition coefficient (Wildman–Crippen LogP) is 5.26. The van der Waals surface area contributed by atoms with Gasteiger partial charge in [-0.25, -0.2) is 23.4 Å². The van der Waals surface area contributed by atoms with Gasteiger partial charge in [0.15, 0.2) is 15.7 Å². The number of hydrogen-bond donors (Lipinski definition) is 2. The maximum Gasteiger partial charge on any atom is 0.235 e. The molecule has 1 amide bonds. The van der Waals surface area contributed by atoms with Crippen LogP contribution in [0.15, 0.2) is 73.1 Å². The van der Waals surface area contributed by atoms with E-state index in [9.17, 15) is 18.5 Å². The van der Waals surface area contributed by atoms with Gasteiger partial charge in [0.1, 0.15) is 39.8 Å². The fraction of sp³-hybridized carbons (Fsp3) is 0.138. The van der Waals surface area contributed by atoms with Gasteiger partial charge in [-0.1, -0.05) is 65.4 Å². The summed E-state index contributed by atoms with van der Waals surface area (Å²) >= 11 is 7.90. The molecule has 0 aliphatic heterocycles. The van der Waals surface area contributed by atoms with Crippen LogP contribution in [0.4, 0.5) is 11.5 Å². The topological polar surface area (TPSA) is 147 Å². The van der Waals surface area contributed by atoms with Gasteiger partial charge in [-0.05, 0) is 29.8 Å². The molecule has 0 saturated carbocycles. The Kier molecular flexibility index (Phi) is 8.63. The molecule has 0 fully saturated rings. The Morgan fingerprint density at radius 2 is 1.88 bits per heavy atom. The molecule has 0 bridgehead atoms. The molecule has 2 heterocycles. The highest BCUT2D eigenvalue weighted by Crippen LogP contribution is 2.34. The fourth-order valence-corrected chi connectivity index (χ4v) is 5.69. The van der Waals surface area contributed by atoms with Gasteiger partial charge in [-0.2, -0.15) is 5.26 Å². The lowest BCUT2D eigenvalue weighted by atomic mass is 10.1. The molecule has 0 aliphatic rings. The minimum absolute atomic E-state index is 0.211. The van der Waals surface area contributed by atoms with Crippen molar-refractivity contribution in [3.05, 3.63) is 94.8 Å². The summed E-state index contributed by atoms with van der Waals surface area (Å²) in [6.07, 6.45) is 2.48. The normalized spacial score (nSPS) is 11.2. The van der Waals surface area contributed by atoms with Gasteiger partial charge in [0.05, 0.1) is 16.7 Å². The number of benzene rings is 3. The van der Waals surface area contributed by atoms with E-state index in [-0.39, 0.29) is 13.2 Å². The highest BCUT2D eigenvalue weighted by Gasteiger charge is 2.14. The first kappa shape index (κ1) is 28.9. The molecule has 2 aromatic heterocycles. The number of rotatable bonds is 10. The minimum atomic E-state index is -3.38. The van der Waals surface area contributed by atoms with E-state index < -0.39 is 21.5 Å². The lowest BCUT2D eigenvalue weighted by Crippen LogP contribution is -2.29. The Morgan fingerprint density at radius 1 is 1.10 bits per heavy atom. The molecule has 212 valence electrons. The number of carbonyl (C=O) groups excluding carboxylic acids is 1. The fourth-order valence-electron chi connectivity index (χ4n) is 3.97. The molecular weight excluding hydrogens is 596 g/mol. The summed E-state index contributed by atoms with van der Waals surface area (Å²) in [6, 6.07) is 22.1. The first-order valence-electron chi connectivity index (χ1n) is 12.5. The summed E-state index contributed by atoms with van der Waals surface area (Å²) in [7, 11) is -3.38. The number of nitrogens with zero attached hydrogens (tertiary/aromatic N) is 4. The number of sulfone groups is 1. The highest BCUT2D eigenvalue weighted by atomic mass is 35.5. The number of thiazole rings is 1. The van der Waals surface area contributed by atoms with Gasteiger partial charge in [-0.15, -0.1) is 0 Å². The third kappa shape index (κ3) is 7.19. The quantitative estimate of drug-likeness (QED) is 0.214. The van der Waals surface area contributed by atoms with Gasteiger partial charge in [0, 0.05) is 29.6 Å². The average molecular weight is 619 g/mol. The van der Waals surface area contributed by atoms with E-state index in [4.69, 9.17) is 21.3 Å². The lowest BCUT2D eigenvalue weighted by molar-refractivity contribution is -0.118. The number of carbonyl (C=O) groups is 1. The molecular formula is C29H23ClN6O4S2. The smallest absolute Gasteiger partial charge is 0.235 e. The second kappa shape index (κ2) is 12.5. The first-order valence-corrected chi connectivity index (χ1v) is 15.8. The maximum absolute atomic E-state index is 11.8. The standard InChI is InChI=1S/C29H23ClN6O4S2/c1-42(38,39)16-25(37)32-14-18-6-8-19(9-7-18)28-36-26-27(33-17-34-29(26)41-28)35-22-10-11-24(23(30)12-22)40-15-21-5-3-2-4-20(21)13-31/h2-12,17H,14-16H2,1H3,(H,32,37)(H,33,34,35). The lowest BCUT2D eigenvalue weighted by Gasteiger charge is -2.11. The van der Waals surface area contributed by atoms with E-state index in [1.54, 1.807) is 24.3 Å². The van der Waals surface area contributed by atoms with E-state index in [2.05, 4.69) is 26.7 Å². The van der Waals surface area contributed by atoms with Crippen LogP contribution in [0.3, 0.4) is 0 Å². The van der Waals surface area contributed by atoms with Crippen molar-refractivity contribution in [2.45, 2.75) is 13.2 Å². The molecule has 10 nitrogen and oxygen atoms in total. The van der Waals surface area contributed by atoms with Crippen molar-refractivity contribution in [1.82, 2.24) is 20.3 Å². The summed E-state index contributed by atoms with van der Waals surface area (Å²) in [5.41, 5.74) is 4.28. The third-order valence-electron chi connectivity index (χ3n) is 5.99. The van der Waals surface area contributed by atoms with Gasteiger partial charge in [0.25, 0.3) is 0 Å². The number of fused-ring (bicyclic) bond motifs is 1. The molecule has 3 aromatic carbocycles. The van der Waals surface area contributed by atoms with Crippen molar-refractivity contribution in [3.63, 3.8) is 0 Å². The zero-order chi connectivity index (χ0) is 29.7. The number of ether oxygens (including phenoxy) is 1. The second-order valence-electron chi connectivity index (χ2n) is 9.27. The first-order chi connectivity index (χ1) is 20.2. The van der Waals surface area contributed by atoms with Crippen LogP contribution in [0.1, 0.15) is 16.7 Å². The van der Waals surface area contributed by atoms with Crippen LogP contribution in [0, 0.1) is 11.3 Å². The Bertz CT molecular complexity index is 1920. The summed E-state index contributed by atoms with van der Waals surface area (Å²) in [6.45, 7) is 0.427. The summed E-state index contributed by atoms with van der Waals surface area (Å²) < 4.78 is 28.4. The van der Waals surface area contributed by atoms with Gasteiger partial charge in [0.2, 0.25) is 5.91 Å². The van der Waals surface area contributed by atoms with E-state index >= 15 is 0 Å². The molecule has 0 unspecified atom stereocenters. The van der Waals surface area contributed by atoms with Crippen LogP contribution < -0.4 is 15.4 Å². The minimum Gasteiger partial charge on any atom is -0.487 e. The van der Waals surface area contributed by atoms with Crippen LogP contribution in [0.5, 0.6) is 5.75 Å². The van der Waals surface area contributed by atoms with E-state index in [1.165, 1.54) is 17.7 Å². The van der Waals surface area contributed by atoms with Gasteiger partial charge >= 0.3 is 0 Å². The summed E-state index contributed by atoms with van der Waals surface area (Å²) in [4.78, 5) is 26.0. The van der Waals surface area contributed by atoms with Crippen LogP contribution in [0.25, 0.3) is 20.9 Å². The number of halogens is 1. The third-order valence-corrected chi connectivity index (χ3v) is 8.09. The second-order valence-corrected chi connectivity index (χ2v) is 12.8. The number of hydrogen-bond acceptors (Lipinski definition) is 10. The van der Waals surface area contributed by atoms with Crippen molar-refractivity contribution in [2.75, 3.05) is 17.3 Å². The monoisotopic (exact) mass is 618 g/mol. The van der Waals surface area contributed by atoms with Crippen molar-refractivity contribution in [3.8, 4) is 22.4 Å². The molecule has 2 N–H and O–H groups in total. The largest absolute Gasteiger partial charge is 0.487 e. The number of nitrogens with one attached hydrogen (secondary N) is 2. The SMILES string of the molecule is CS(=O)(=O)CC(=O)NCc1ccc(-c2nc3c(Nc4ccc(OCc5ccccc5C#N)c(Cl)c4)ncnc3s2)cc1. The molecule has 5 aromatic rings. The molecule has 5 rings (SSSR count). The number of anilines is 2. The summed E-state index contributed by atoms with van der Waals surface area (Å²) in [5, 5.41) is 16.3. The van der Waals surface area contributed by atoms with Crippen molar-refractivity contribution in [2.24, 2.45) is 0 Å². The van der Waals surface area contributed by atoms with E-state index in [0.717, 1.165) is 28.0 Å². The molecule has 0 aliphatic carbocycles. The zero-order valence-electron chi connectivity index (χ0n) is 22.2. The Balaban J connectivity index is 1.27. The van der Waals surface area contributed by atoms with Crippen LogP contribution in [0.2, 0.25) is 5.02 Å². The van der Waals surface area contributed by atoms with Crippen LogP contribution >= 0.6 is 22.9 Å². The molecule has 0 spiro atoms. The molecule has 13 heteroatoms. The van der Waals surface area contributed by atoms with Crippen molar-refractivity contribution < 1.29 is 17.9 Å². The Morgan fingerprint density at radius 3 is 2.62 bits per heavy atom. The summed E-state index contributed by atoms with van der Waals surface area (Å²) in [5.74, 6) is -0.0924. The molecule has 0 atom stereocenters. The Hall–Kier alpha value is -4.57. The van der Waals surface area contributed by atoms with E-state index in [1.807, 2.05) is 42.5 Å². The van der Waals surface area contributed by atoms with Gasteiger partial charge in [-0.3, -0.25) is 4.79 Å². The zero-order valence-corrected chi connectivity index (χ0v) is 24.6. The maximum atomic E-state index is 11.8. The number of nitriles is 1. The van der Waals surface area contributed by atoms with Crippen molar-refractivity contribution in [1.29, 1.82) is 5.26 Å². The van der Waals surface area contributed by atoms with Crippen LogP contribution in [-0.2, 0) is 27.8 Å². The van der Waals surface area contributed by atoms with Gasteiger partial charge < -0.3 is 15.4 Å². The Labute approximate surface area is 250 Å². The molecule has 0 radical (unpaired) electrons. The van der Waals surface area contributed by atoms with E-state index in [0.29, 0.717) is 38.2 Å². The number of amides is 1. The molecule has 0 saturated heterocycles. The predicted molar refractivity (Wildman–Crippen MR) is 162 cm³/mol. The number of aromatic nitrogens is 3. The molecule has 42 heavy (non-hydrogen) atoms. The van der Waals surface area contributed by atoms with Crippen LogP contribution in [-0.4, -0.2) is 41.3 Å². The highest BCUT2D eigenvalue weighted by molar-refractivity contribution is 7.91. The average Bonchev–Trinajstić information content (AvgIpc) is 3.41. The van der Waals surface area contributed by atoms with Crippen molar-refractivity contribution >= 4 is 60.5 Å².